The van der Waals surface area contributed by atoms with E-state index in [4.69, 9.17) is 9.47 Å². The fourth-order valence-corrected chi connectivity index (χ4v) is 2.15. The average molecular weight is 314 g/mol. The second-order valence-electron chi connectivity index (χ2n) is 4.90. The van der Waals surface area contributed by atoms with Crippen molar-refractivity contribution in [1.29, 1.82) is 0 Å². The fourth-order valence-electron chi connectivity index (χ4n) is 2.15. The molecular weight excluding hydrogens is 299 g/mol. The lowest BCUT2D eigenvalue weighted by molar-refractivity contribution is 0.0938. The molecule has 2 aromatic carbocycles. The first-order chi connectivity index (χ1) is 11.1. The number of fused-ring (bicyclic) bond motifs is 1. The minimum atomic E-state index is -0.586. The van der Waals surface area contributed by atoms with E-state index < -0.39 is 11.7 Å². The topological polar surface area (TPSA) is 59.6 Å². The Balaban J connectivity index is 1.66. The normalized spacial score (nSPS) is 12.4. The van der Waals surface area contributed by atoms with Crippen molar-refractivity contribution in [3.8, 4) is 11.5 Å². The third-order valence-corrected chi connectivity index (χ3v) is 3.34. The fraction of sp³-hybridized carbons (Fsp3) is 0.118. The maximum atomic E-state index is 13.5. The van der Waals surface area contributed by atoms with Gasteiger partial charge in [0, 0.05) is 5.56 Å². The van der Waals surface area contributed by atoms with Gasteiger partial charge >= 0.3 is 0 Å². The summed E-state index contributed by atoms with van der Waals surface area (Å²) in [4.78, 5) is 11.9. The maximum absolute atomic E-state index is 13.5. The predicted molar refractivity (Wildman–Crippen MR) is 83.5 cm³/mol. The van der Waals surface area contributed by atoms with Gasteiger partial charge in [0.05, 0.1) is 11.3 Å². The summed E-state index contributed by atoms with van der Waals surface area (Å²) in [5.74, 6) is 0.124. The van der Waals surface area contributed by atoms with Crippen LogP contribution in [0.5, 0.6) is 11.5 Å². The molecule has 0 aromatic heterocycles. The van der Waals surface area contributed by atoms with E-state index in [1.54, 1.807) is 24.3 Å². The zero-order valence-corrected chi connectivity index (χ0v) is 12.3. The third kappa shape index (κ3) is 3.26. The summed E-state index contributed by atoms with van der Waals surface area (Å²) in [5, 5.41) is 0. The maximum Gasteiger partial charge on any atom is 0.272 e. The molecule has 1 aliphatic heterocycles. The summed E-state index contributed by atoms with van der Waals surface area (Å²) in [5.41, 5.74) is 6.22. The molecule has 6 heteroatoms. The first-order valence-electron chi connectivity index (χ1n) is 7.05. The first kappa shape index (κ1) is 14.9. The van der Waals surface area contributed by atoms with Crippen LogP contribution in [0.3, 0.4) is 0 Å². The van der Waals surface area contributed by atoms with Gasteiger partial charge < -0.3 is 9.47 Å². The number of hydrogen-bond acceptors (Lipinski definition) is 4. The van der Waals surface area contributed by atoms with E-state index in [-0.39, 0.29) is 5.56 Å². The Morgan fingerprint density at radius 2 is 1.78 bits per heavy atom. The largest absolute Gasteiger partial charge is 0.486 e. The van der Waals surface area contributed by atoms with E-state index in [0.717, 1.165) is 5.56 Å². The Morgan fingerprint density at radius 1 is 1.04 bits per heavy atom. The van der Waals surface area contributed by atoms with E-state index in [2.05, 4.69) is 17.4 Å². The monoisotopic (exact) mass is 314 g/mol. The number of nitrogens with one attached hydrogen (secondary N) is 2. The third-order valence-electron chi connectivity index (χ3n) is 3.34. The molecule has 1 amide bonds. The van der Waals surface area contributed by atoms with Crippen LogP contribution in [0.25, 0.3) is 5.70 Å². The van der Waals surface area contributed by atoms with Gasteiger partial charge in [-0.25, -0.2) is 4.39 Å². The van der Waals surface area contributed by atoms with Gasteiger partial charge in [-0.2, -0.15) is 0 Å². The molecule has 5 nitrogen and oxygen atoms in total. The highest BCUT2D eigenvalue weighted by Crippen LogP contribution is 2.32. The molecule has 0 atom stereocenters. The molecule has 2 N–H and O–H groups in total. The van der Waals surface area contributed by atoms with Crippen molar-refractivity contribution in [1.82, 2.24) is 10.9 Å². The minimum Gasteiger partial charge on any atom is -0.486 e. The van der Waals surface area contributed by atoms with Crippen LogP contribution < -0.4 is 20.3 Å². The van der Waals surface area contributed by atoms with Crippen LogP contribution in [-0.4, -0.2) is 19.1 Å². The first-order valence-corrected chi connectivity index (χ1v) is 7.05. The number of carbonyl (C=O) groups is 1. The molecule has 23 heavy (non-hydrogen) atoms. The number of amides is 1. The van der Waals surface area contributed by atoms with Crippen LogP contribution >= 0.6 is 0 Å². The molecule has 0 radical (unpaired) electrons. The molecule has 1 aliphatic rings. The number of rotatable bonds is 4. The lowest BCUT2D eigenvalue weighted by Gasteiger charge is -2.19. The summed E-state index contributed by atoms with van der Waals surface area (Å²) >= 11 is 0. The minimum absolute atomic E-state index is 0.0463. The van der Waals surface area contributed by atoms with E-state index in [1.165, 1.54) is 18.2 Å². The van der Waals surface area contributed by atoms with Crippen molar-refractivity contribution >= 4 is 11.6 Å². The predicted octanol–water partition coefficient (Wildman–Crippen LogP) is 2.50. The Hall–Kier alpha value is -3.02. The number of halogens is 1. The summed E-state index contributed by atoms with van der Waals surface area (Å²) in [6.45, 7) is 4.85. The van der Waals surface area contributed by atoms with Gasteiger partial charge in [-0.3, -0.25) is 15.6 Å². The molecule has 0 spiro atoms. The number of ether oxygens (including phenoxy) is 2. The van der Waals surface area contributed by atoms with E-state index in [9.17, 15) is 9.18 Å². The summed E-state index contributed by atoms with van der Waals surface area (Å²) in [6.07, 6.45) is 0. The van der Waals surface area contributed by atoms with Crippen LogP contribution in [0.4, 0.5) is 4.39 Å². The van der Waals surface area contributed by atoms with Gasteiger partial charge in [0.25, 0.3) is 5.91 Å². The molecule has 118 valence electrons. The van der Waals surface area contributed by atoms with Gasteiger partial charge in [-0.1, -0.05) is 18.7 Å². The zero-order chi connectivity index (χ0) is 16.2. The Labute approximate surface area is 132 Å². The van der Waals surface area contributed by atoms with Crippen LogP contribution in [0.2, 0.25) is 0 Å². The van der Waals surface area contributed by atoms with Crippen molar-refractivity contribution in [2.75, 3.05) is 13.2 Å². The number of hydrogen-bond donors (Lipinski definition) is 2. The van der Waals surface area contributed by atoms with Gasteiger partial charge in [0.15, 0.2) is 11.5 Å². The summed E-state index contributed by atoms with van der Waals surface area (Å²) < 4.78 is 24.5. The van der Waals surface area contributed by atoms with Crippen molar-refractivity contribution in [3.63, 3.8) is 0 Å². The molecule has 0 saturated carbocycles. The summed E-state index contributed by atoms with van der Waals surface area (Å²) in [7, 11) is 0. The van der Waals surface area contributed by atoms with E-state index >= 15 is 0 Å². The van der Waals surface area contributed by atoms with Crippen molar-refractivity contribution in [3.05, 3.63) is 66.0 Å². The molecule has 0 unspecified atom stereocenters. The highest BCUT2D eigenvalue weighted by atomic mass is 19.1. The second-order valence-corrected chi connectivity index (χ2v) is 4.90. The Bertz CT molecular complexity index is 761. The van der Waals surface area contributed by atoms with Gasteiger partial charge in [0.2, 0.25) is 0 Å². The smallest absolute Gasteiger partial charge is 0.272 e. The second kappa shape index (κ2) is 6.39. The molecule has 0 saturated heterocycles. The lowest BCUT2D eigenvalue weighted by Crippen LogP contribution is -2.36. The quantitative estimate of drug-likeness (QED) is 0.851. The number of benzene rings is 2. The van der Waals surface area contributed by atoms with Crippen LogP contribution in [0.1, 0.15) is 15.9 Å². The molecule has 0 aliphatic carbocycles. The zero-order valence-electron chi connectivity index (χ0n) is 12.3. The molecular formula is C17H15FN2O3. The van der Waals surface area contributed by atoms with E-state index in [1.807, 2.05) is 0 Å². The Kier molecular flexibility index (Phi) is 4.14. The van der Waals surface area contributed by atoms with Gasteiger partial charge in [-0.05, 0) is 30.3 Å². The Morgan fingerprint density at radius 3 is 2.57 bits per heavy atom. The summed E-state index contributed by atoms with van der Waals surface area (Å²) in [6, 6.07) is 11.1. The molecule has 0 fully saturated rings. The molecule has 2 aromatic rings. The highest BCUT2D eigenvalue weighted by molar-refractivity contribution is 5.94. The van der Waals surface area contributed by atoms with Crippen molar-refractivity contribution < 1.29 is 18.7 Å². The van der Waals surface area contributed by atoms with Crippen LogP contribution in [0.15, 0.2) is 49.0 Å². The lowest BCUT2D eigenvalue weighted by atomic mass is 10.1. The van der Waals surface area contributed by atoms with Gasteiger partial charge in [-0.15, -0.1) is 0 Å². The van der Waals surface area contributed by atoms with Crippen LogP contribution in [0, 0.1) is 5.82 Å². The average Bonchev–Trinajstić information content (AvgIpc) is 2.59. The molecule has 3 rings (SSSR count). The van der Waals surface area contributed by atoms with Crippen molar-refractivity contribution in [2.45, 2.75) is 0 Å². The van der Waals surface area contributed by atoms with Crippen LogP contribution in [-0.2, 0) is 0 Å². The SMILES string of the molecule is C=C(NNC(=O)c1ccccc1F)c1ccc2c(c1)OCCO2. The molecule has 0 bridgehead atoms. The highest BCUT2D eigenvalue weighted by Gasteiger charge is 2.14. The van der Waals surface area contributed by atoms with Gasteiger partial charge in [0.1, 0.15) is 19.0 Å². The standard InChI is InChI=1S/C17H15FN2O3/c1-11(12-6-7-15-16(10-12)23-9-8-22-15)19-20-17(21)13-4-2-3-5-14(13)18/h2-7,10,19H,1,8-9H2,(H,20,21). The molecule has 1 heterocycles. The number of carbonyl (C=O) groups excluding carboxylic acids is 1. The van der Waals surface area contributed by atoms with Crippen molar-refractivity contribution in [2.24, 2.45) is 0 Å². The van der Waals surface area contributed by atoms with E-state index in [0.29, 0.717) is 30.4 Å². The number of hydrazine groups is 1.